The van der Waals surface area contributed by atoms with E-state index in [2.05, 4.69) is 5.32 Å². The minimum absolute atomic E-state index is 0.0310. The van der Waals surface area contributed by atoms with E-state index < -0.39 is 0 Å². The van der Waals surface area contributed by atoms with Crippen molar-refractivity contribution in [1.29, 1.82) is 0 Å². The standard InChI is InChI=1S/C21H31N3O2/c1-2-26-19-14-12-18(13-15-19)22-20-11-7-4-8-16-24(20)21(25)23-17-9-5-3-6-10-17/h12-15,17H,2-11,16H2,1H3,(H,23,25). The molecule has 1 aromatic rings. The molecule has 1 N–H and O–H groups in total. The van der Waals surface area contributed by atoms with Crippen LogP contribution in [0.4, 0.5) is 10.5 Å². The molecule has 5 heteroatoms. The maximum atomic E-state index is 12.9. The fourth-order valence-corrected chi connectivity index (χ4v) is 3.76. The monoisotopic (exact) mass is 357 g/mol. The van der Waals surface area contributed by atoms with E-state index in [4.69, 9.17) is 9.73 Å². The summed E-state index contributed by atoms with van der Waals surface area (Å²) in [4.78, 5) is 19.5. The van der Waals surface area contributed by atoms with E-state index in [-0.39, 0.29) is 6.03 Å². The lowest BCUT2D eigenvalue weighted by atomic mass is 9.96. The second kappa shape index (κ2) is 9.60. The van der Waals surface area contributed by atoms with Crippen LogP contribution in [-0.4, -0.2) is 36.0 Å². The van der Waals surface area contributed by atoms with Crippen molar-refractivity contribution in [3.05, 3.63) is 24.3 Å². The van der Waals surface area contributed by atoms with Gasteiger partial charge < -0.3 is 10.1 Å². The molecule has 0 unspecified atom stereocenters. The van der Waals surface area contributed by atoms with Gasteiger partial charge in [-0.2, -0.15) is 0 Å². The predicted octanol–water partition coefficient (Wildman–Crippen LogP) is 5.03. The number of ether oxygens (including phenoxy) is 1. The van der Waals surface area contributed by atoms with Gasteiger partial charge in [-0.25, -0.2) is 9.79 Å². The van der Waals surface area contributed by atoms with Crippen molar-refractivity contribution in [2.24, 2.45) is 4.99 Å². The van der Waals surface area contributed by atoms with Crippen LogP contribution in [0, 0.1) is 0 Å². The number of benzene rings is 1. The molecule has 0 spiro atoms. The molecule has 1 saturated carbocycles. The van der Waals surface area contributed by atoms with Gasteiger partial charge in [0, 0.05) is 19.0 Å². The summed E-state index contributed by atoms with van der Waals surface area (Å²) in [6, 6.07) is 8.15. The fourth-order valence-electron chi connectivity index (χ4n) is 3.76. The summed E-state index contributed by atoms with van der Waals surface area (Å²) in [5.74, 6) is 1.74. The van der Waals surface area contributed by atoms with E-state index in [0.29, 0.717) is 12.6 Å². The first-order valence-corrected chi connectivity index (χ1v) is 10.1. The van der Waals surface area contributed by atoms with Gasteiger partial charge in [0.2, 0.25) is 0 Å². The van der Waals surface area contributed by atoms with Crippen LogP contribution in [0.1, 0.15) is 64.7 Å². The van der Waals surface area contributed by atoms with Crippen molar-refractivity contribution in [3.8, 4) is 5.75 Å². The number of carbonyl (C=O) groups is 1. The van der Waals surface area contributed by atoms with Crippen molar-refractivity contribution in [2.45, 2.75) is 70.8 Å². The number of urea groups is 1. The third kappa shape index (κ3) is 5.23. The highest BCUT2D eigenvalue weighted by atomic mass is 16.5. The molecule has 0 radical (unpaired) electrons. The second-order valence-corrected chi connectivity index (χ2v) is 7.20. The molecule has 5 nitrogen and oxygen atoms in total. The second-order valence-electron chi connectivity index (χ2n) is 7.20. The van der Waals surface area contributed by atoms with E-state index in [1.165, 1.54) is 19.3 Å². The zero-order valence-corrected chi connectivity index (χ0v) is 15.9. The van der Waals surface area contributed by atoms with Crippen LogP contribution >= 0.6 is 0 Å². The first-order chi connectivity index (χ1) is 12.8. The number of hydrogen-bond acceptors (Lipinski definition) is 3. The number of carbonyl (C=O) groups excluding carboxylic acids is 1. The molecule has 0 atom stereocenters. The van der Waals surface area contributed by atoms with E-state index in [1.807, 2.05) is 36.1 Å². The molecule has 0 bridgehead atoms. The van der Waals surface area contributed by atoms with Gasteiger partial charge in [-0.3, -0.25) is 4.90 Å². The molecule has 1 aromatic carbocycles. The Balaban J connectivity index is 1.71. The van der Waals surface area contributed by atoms with Gasteiger partial charge in [-0.15, -0.1) is 0 Å². The van der Waals surface area contributed by atoms with Gasteiger partial charge in [0.25, 0.3) is 0 Å². The van der Waals surface area contributed by atoms with E-state index in [0.717, 1.165) is 62.3 Å². The smallest absolute Gasteiger partial charge is 0.323 e. The van der Waals surface area contributed by atoms with Crippen LogP contribution in [0.3, 0.4) is 0 Å². The Bertz CT molecular complexity index is 606. The van der Waals surface area contributed by atoms with Gasteiger partial charge in [0.15, 0.2) is 0 Å². The summed E-state index contributed by atoms with van der Waals surface area (Å²) in [6.07, 6.45) is 10.1. The highest BCUT2D eigenvalue weighted by molar-refractivity contribution is 5.99. The van der Waals surface area contributed by atoms with Crippen LogP contribution in [-0.2, 0) is 0 Å². The molecule has 26 heavy (non-hydrogen) atoms. The lowest BCUT2D eigenvalue weighted by Crippen LogP contribution is -2.47. The third-order valence-electron chi connectivity index (χ3n) is 5.18. The molecule has 1 aliphatic heterocycles. The Morgan fingerprint density at radius 2 is 1.85 bits per heavy atom. The zero-order valence-electron chi connectivity index (χ0n) is 15.9. The van der Waals surface area contributed by atoms with Crippen LogP contribution in [0.2, 0.25) is 0 Å². The van der Waals surface area contributed by atoms with Crippen molar-refractivity contribution in [2.75, 3.05) is 13.2 Å². The maximum Gasteiger partial charge on any atom is 0.323 e. The van der Waals surface area contributed by atoms with Crippen LogP contribution in [0.15, 0.2) is 29.3 Å². The lowest BCUT2D eigenvalue weighted by Gasteiger charge is -2.28. The largest absolute Gasteiger partial charge is 0.494 e. The molecule has 1 aliphatic carbocycles. The average molecular weight is 357 g/mol. The summed E-state index contributed by atoms with van der Waals surface area (Å²) >= 11 is 0. The Morgan fingerprint density at radius 3 is 2.58 bits per heavy atom. The van der Waals surface area contributed by atoms with Crippen molar-refractivity contribution in [1.82, 2.24) is 10.2 Å². The molecule has 1 heterocycles. The quantitative estimate of drug-likeness (QED) is 0.821. The number of hydrogen-bond donors (Lipinski definition) is 1. The molecule has 3 rings (SSSR count). The van der Waals surface area contributed by atoms with Crippen LogP contribution in [0.5, 0.6) is 5.75 Å². The van der Waals surface area contributed by atoms with Crippen LogP contribution < -0.4 is 10.1 Å². The molecule has 142 valence electrons. The van der Waals surface area contributed by atoms with Gasteiger partial charge >= 0.3 is 6.03 Å². The lowest BCUT2D eigenvalue weighted by molar-refractivity contribution is 0.212. The fraction of sp³-hybridized carbons (Fsp3) is 0.619. The molecule has 2 fully saturated rings. The molecular formula is C21H31N3O2. The summed E-state index contributed by atoms with van der Waals surface area (Å²) < 4.78 is 5.49. The van der Waals surface area contributed by atoms with Gasteiger partial charge in [0.1, 0.15) is 11.6 Å². The third-order valence-corrected chi connectivity index (χ3v) is 5.18. The molecule has 2 amide bonds. The van der Waals surface area contributed by atoms with E-state index in [1.54, 1.807) is 0 Å². The zero-order chi connectivity index (χ0) is 18.2. The summed E-state index contributed by atoms with van der Waals surface area (Å²) in [7, 11) is 0. The number of amidine groups is 1. The number of aliphatic imine (C=N–C) groups is 1. The number of amides is 2. The van der Waals surface area contributed by atoms with Gasteiger partial charge in [0.05, 0.1) is 12.3 Å². The molecular weight excluding hydrogens is 326 g/mol. The SMILES string of the molecule is CCOc1ccc(N=C2CCCCCN2C(=O)NC2CCCCC2)cc1. The van der Waals surface area contributed by atoms with Crippen LogP contribution in [0.25, 0.3) is 0 Å². The first kappa shape index (κ1) is 18.7. The number of rotatable bonds is 4. The Kier molecular flexibility index (Phi) is 6.92. The summed E-state index contributed by atoms with van der Waals surface area (Å²) in [5.41, 5.74) is 0.876. The summed E-state index contributed by atoms with van der Waals surface area (Å²) in [5, 5.41) is 3.24. The Morgan fingerprint density at radius 1 is 1.12 bits per heavy atom. The Hall–Kier alpha value is -2.04. The maximum absolute atomic E-state index is 12.9. The topological polar surface area (TPSA) is 53.9 Å². The van der Waals surface area contributed by atoms with E-state index in [9.17, 15) is 4.79 Å². The molecule has 2 aliphatic rings. The first-order valence-electron chi connectivity index (χ1n) is 10.1. The van der Waals surface area contributed by atoms with Crippen molar-refractivity contribution >= 4 is 17.6 Å². The van der Waals surface area contributed by atoms with E-state index >= 15 is 0 Å². The average Bonchev–Trinajstić information content (AvgIpc) is 2.90. The van der Waals surface area contributed by atoms with Gasteiger partial charge in [-0.05, 0) is 56.9 Å². The minimum Gasteiger partial charge on any atom is -0.494 e. The molecule has 0 aromatic heterocycles. The Labute approximate surface area is 156 Å². The number of likely N-dealkylation sites (tertiary alicyclic amines) is 1. The van der Waals surface area contributed by atoms with Crippen molar-refractivity contribution in [3.63, 3.8) is 0 Å². The normalized spacial score (nSPS) is 20.7. The number of nitrogens with one attached hydrogen (secondary N) is 1. The highest BCUT2D eigenvalue weighted by Crippen LogP contribution is 2.22. The van der Waals surface area contributed by atoms with Gasteiger partial charge in [-0.1, -0.05) is 25.7 Å². The highest BCUT2D eigenvalue weighted by Gasteiger charge is 2.24. The van der Waals surface area contributed by atoms with Crippen molar-refractivity contribution < 1.29 is 9.53 Å². The predicted molar refractivity (Wildman–Crippen MR) is 105 cm³/mol. The number of nitrogens with zero attached hydrogens (tertiary/aromatic N) is 2. The molecule has 1 saturated heterocycles. The minimum atomic E-state index is 0.0310. The summed E-state index contributed by atoms with van der Waals surface area (Å²) in [6.45, 7) is 3.39.